The van der Waals surface area contributed by atoms with Gasteiger partial charge in [-0.1, -0.05) is 43.7 Å². The molecule has 1 amide bonds. The quantitative estimate of drug-likeness (QED) is 0.877. The van der Waals surface area contributed by atoms with Crippen molar-refractivity contribution in [2.75, 3.05) is 19.6 Å². The third-order valence-corrected chi connectivity index (χ3v) is 5.21. The minimum atomic E-state index is -0.0997. The first-order valence-corrected chi connectivity index (χ1v) is 8.91. The van der Waals surface area contributed by atoms with E-state index in [-0.39, 0.29) is 23.2 Å². The monoisotopic (exact) mass is 340 g/mol. The number of nitrogens with zero attached hydrogens (tertiary/aromatic N) is 2. The molecule has 1 aromatic heterocycles. The van der Waals surface area contributed by atoms with E-state index in [0.717, 1.165) is 18.7 Å². The second kappa shape index (κ2) is 7.00. The predicted molar refractivity (Wildman–Crippen MR) is 99.5 cm³/mol. The lowest BCUT2D eigenvalue weighted by molar-refractivity contribution is -0.125. The summed E-state index contributed by atoms with van der Waals surface area (Å²) in [5.74, 6) is 0.271. The molecule has 1 aromatic carbocycles. The molecule has 1 saturated heterocycles. The van der Waals surface area contributed by atoms with Gasteiger partial charge in [-0.25, -0.2) is 0 Å². The van der Waals surface area contributed by atoms with Gasteiger partial charge in [-0.2, -0.15) is 5.10 Å². The van der Waals surface area contributed by atoms with Crippen LogP contribution in [0, 0.1) is 12.8 Å². The number of aryl methyl sites for hydroxylation is 2. The van der Waals surface area contributed by atoms with Crippen molar-refractivity contribution in [3.8, 4) is 0 Å². The second-order valence-corrected chi connectivity index (χ2v) is 7.79. The number of carbonyl (C=O) groups excluding carboxylic acids is 1. The van der Waals surface area contributed by atoms with Crippen molar-refractivity contribution in [3.05, 3.63) is 53.3 Å². The fraction of sp³-hybridized carbons (Fsp3) is 0.500. The number of aromatic nitrogens is 2. The standard InChI is InChI=1S/C20H28N4O/c1-14-6-5-7-16(8-14)20(2,3)13-22-19(25)18-11-21-10-17(18)15-9-23-24(4)12-15/h5-9,12,17-18,21H,10-11,13H2,1-4H3,(H,22,25)/t17-,18+/m1/s1. The van der Waals surface area contributed by atoms with Crippen LogP contribution in [0.3, 0.4) is 0 Å². The summed E-state index contributed by atoms with van der Waals surface area (Å²) in [6.45, 7) is 8.62. The molecule has 3 rings (SSSR count). The fourth-order valence-electron chi connectivity index (χ4n) is 3.54. The van der Waals surface area contributed by atoms with E-state index in [9.17, 15) is 4.79 Å². The zero-order valence-electron chi connectivity index (χ0n) is 15.5. The average Bonchev–Trinajstić information content (AvgIpc) is 3.21. The van der Waals surface area contributed by atoms with Crippen LogP contribution in [0.5, 0.6) is 0 Å². The third-order valence-electron chi connectivity index (χ3n) is 5.21. The van der Waals surface area contributed by atoms with Crippen molar-refractivity contribution in [2.24, 2.45) is 13.0 Å². The molecule has 25 heavy (non-hydrogen) atoms. The molecule has 134 valence electrons. The zero-order chi connectivity index (χ0) is 18.0. The average molecular weight is 340 g/mol. The summed E-state index contributed by atoms with van der Waals surface area (Å²) in [6.07, 6.45) is 3.88. The van der Waals surface area contributed by atoms with Crippen molar-refractivity contribution in [2.45, 2.75) is 32.1 Å². The topological polar surface area (TPSA) is 59.0 Å². The van der Waals surface area contributed by atoms with Crippen molar-refractivity contribution in [1.82, 2.24) is 20.4 Å². The Hall–Kier alpha value is -2.14. The maximum absolute atomic E-state index is 12.8. The van der Waals surface area contributed by atoms with Crippen molar-refractivity contribution in [3.63, 3.8) is 0 Å². The molecule has 0 spiro atoms. The van der Waals surface area contributed by atoms with Gasteiger partial charge in [0.2, 0.25) is 5.91 Å². The molecule has 1 aliphatic rings. The van der Waals surface area contributed by atoms with Gasteiger partial charge in [-0.15, -0.1) is 0 Å². The molecule has 0 unspecified atom stereocenters. The summed E-state index contributed by atoms with van der Waals surface area (Å²) < 4.78 is 1.80. The van der Waals surface area contributed by atoms with Crippen LogP contribution >= 0.6 is 0 Å². The van der Waals surface area contributed by atoms with Crippen molar-refractivity contribution < 1.29 is 4.79 Å². The van der Waals surface area contributed by atoms with Crippen LogP contribution in [0.1, 0.15) is 36.5 Å². The molecule has 2 aromatic rings. The Balaban J connectivity index is 1.65. The Morgan fingerprint density at radius 1 is 1.40 bits per heavy atom. The Bertz CT molecular complexity index is 750. The lowest BCUT2D eigenvalue weighted by Crippen LogP contribution is -2.41. The number of benzene rings is 1. The summed E-state index contributed by atoms with van der Waals surface area (Å²) >= 11 is 0. The molecule has 2 heterocycles. The smallest absolute Gasteiger partial charge is 0.225 e. The third kappa shape index (κ3) is 3.93. The van der Waals surface area contributed by atoms with E-state index in [2.05, 4.69) is 60.8 Å². The number of hydrogen-bond donors (Lipinski definition) is 2. The molecule has 1 fully saturated rings. The first-order valence-electron chi connectivity index (χ1n) is 8.91. The summed E-state index contributed by atoms with van der Waals surface area (Å²) in [5, 5.41) is 10.8. The van der Waals surface area contributed by atoms with Crippen molar-refractivity contribution >= 4 is 5.91 Å². The summed E-state index contributed by atoms with van der Waals surface area (Å²) in [4.78, 5) is 12.8. The highest BCUT2D eigenvalue weighted by Crippen LogP contribution is 2.28. The second-order valence-electron chi connectivity index (χ2n) is 7.79. The first kappa shape index (κ1) is 17.7. The Kier molecular flexibility index (Phi) is 4.95. The molecule has 1 aliphatic heterocycles. The lowest BCUT2D eigenvalue weighted by Gasteiger charge is -2.27. The molecule has 0 aliphatic carbocycles. The van der Waals surface area contributed by atoms with Gasteiger partial charge in [-0.05, 0) is 18.1 Å². The summed E-state index contributed by atoms with van der Waals surface area (Å²) in [7, 11) is 1.91. The van der Waals surface area contributed by atoms with Crippen molar-refractivity contribution in [1.29, 1.82) is 0 Å². The van der Waals surface area contributed by atoms with Crippen LogP contribution < -0.4 is 10.6 Å². The van der Waals surface area contributed by atoms with E-state index in [1.165, 1.54) is 11.1 Å². The molecule has 5 heteroatoms. The van der Waals surface area contributed by atoms with Gasteiger partial charge in [0.25, 0.3) is 0 Å². The van der Waals surface area contributed by atoms with Gasteiger partial charge in [0, 0.05) is 44.2 Å². The zero-order valence-corrected chi connectivity index (χ0v) is 15.5. The normalized spacial score (nSPS) is 20.6. The molecule has 0 saturated carbocycles. The Morgan fingerprint density at radius 2 is 2.20 bits per heavy atom. The fourth-order valence-corrected chi connectivity index (χ4v) is 3.54. The molecule has 0 radical (unpaired) electrons. The predicted octanol–water partition coefficient (Wildman–Crippen LogP) is 2.13. The highest BCUT2D eigenvalue weighted by atomic mass is 16.1. The maximum atomic E-state index is 12.8. The molecule has 5 nitrogen and oxygen atoms in total. The number of hydrogen-bond acceptors (Lipinski definition) is 3. The van der Waals surface area contributed by atoms with Crippen LogP contribution in [-0.2, 0) is 17.3 Å². The van der Waals surface area contributed by atoms with E-state index < -0.39 is 0 Å². The van der Waals surface area contributed by atoms with Gasteiger partial charge in [0.05, 0.1) is 12.1 Å². The number of rotatable bonds is 5. The van der Waals surface area contributed by atoms with Gasteiger partial charge in [0.15, 0.2) is 0 Å². The van der Waals surface area contributed by atoms with E-state index in [1.54, 1.807) is 4.68 Å². The van der Waals surface area contributed by atoms with Crippen LogP contribution in [0.15, 0.2) is 36.7 Å². The van der Waals surface area contributed by atoms with E-state index in [4.69, 9.17) is 0 Å². The number of nitrogens with one attached hydrogen (secondary N) is 2. The minimum absolute atomic E-state index is 0.0440. The minimum Gasteiger partial charge on any atom is -0.355 e. The molecule has 0 bridgehead atoms. The summed E-state index contributed by atoms with van der Waals surface area (Å²) in [6, 6.07) is 8.50. The molecule has 2 atom stereocenters. The maximum Gasteiger partial charge on any atom is 0.225 e. The van der Waals surface area contributed by atoms with Gasteiger partial charge >= 0.3 is 0 Å². The van der Waals surface area contributed by atoms with Gasteiger partial charge in [-0.3, -0.25) is 9.48 Å². The number of carbonyl (C=O) groups is 1. The first-order chi connectivity index (χ1) is 11.9. The van der Waals surface area contributed by atoms with Crippen LogP contribution in [0.4, 0.5) is 0 Å². The van der Waals surface area contributed by atoms with Crippen LogP contribution in [-0.4, -0.2) is 35.3 Å². The van der Waals surface area contributed by atoms with E-state index >= 15 is 0 Å². The Morgan fingerprint density at radius 3 is 2.88 bits per heavy atom. The number of amides is 1. The Labute approximate surface area is 149 Å². The van der Waals surface area contributed by atoms with E-state index in [1.807, 2.05) is 19.4 Å². The van der Waals surface area contributed by atoms with Gasteiger partial charge < -0.3 is 10.6 Å². The van der Waals surface area contributed by atoms with Crippen LogP contribution in [0.2, 0.25) is 0 Å². The summed E-state index contributed by atoms with van der Waals surface area (Å²) in [5.41, 5.74) is 3.53. The SMILES string of the molecule is Cc1cccc(C(C)(C)CNC(=O)[C@H]2CNC[C@@H]2c2cnn(C)c2)c1. The lowest BCUT2D eigenvalue weighted by atomic mass is 9.83. The molecular weight excluding hydrogens is 312 g/mol. The molecular formula is C20H28N4O. The largest absolute Gasteiger partial charge is 0.355 e. The highest BCUT2D eigenvalue weighted by Gasteiger charge is 2.35. The van der Waals surface area contributed by atoms with Gasteiger partial charge in [0.1, 0.15) is 0 Å². The van der Waals surface area contributed by atoms with Crippen LogP contribution in [0.25, 0.3) is 0 Å². The highest BCUT2D eigenvalue weighted by molar-refractivity contribution is 5.80. The van der Waals surface area contributed by atoms with E-state index in [0.29, 0.717) is 6.54 Å². The molecule has 2 N–H and O–H groups in total.